The summed E-state index contributed by atoms with van der Waals surface area (Å²) >= 11 is 0. The molecule has 86 heavy (non-hydrogen) atoms. The van der Waals surface area contributed by atoms with Crippen LogP contribution in [0.3, 0.4) is 0 Å². The van der Waals surface area contributed by atoms with E-state index in [1.54, 1.807) is 19.0 Å². The Bertz CT molecular complexity index is 2930. The first kappa shape index (κ1) is 67.2. The molecule has 1 unspecified atom stereocenters. The molecule has 1 saturated heterocycles. The van der Waals surface area contributed by atoms with Crippen LogP contribution in [0, 0.1) is 5.92 Å². The zero-order valence-electron chi connectivity index (χ0n) is 50.6. The number of ether oxygens (including phenoxy) is 1. The zero-order valence-corrected chi connectivity index (χ0v) is 51.4. The zero-order chi connectivity index (χ0) is 61.8. The van der Waals surface area contributed by atoms with E-state index < -0.39 is 38.5 Å². The number of carbonyl (C=O) groups excluding carboxylic acids is 6. The Morgan fingerprint density at radius 2 is 1.13 bits per heavy atom. The molecule has 1 aliphatic heterocycles. The predicted octanol–water partition coefficient (Wildman–Crippen LogP) is 7.77. The Hall–Kier alpha value is -6.36. The van der Waals surface area contributed by atoms with E-state index in [0.29, 0.717) is 63.1 Å². The van der Waals surface area contributed by atoms with Crippen LogP contribution < -0.4 is 38.9 Å². The monoisotopic (exact) mass is 1210 g/mol. The number of nitrogens with two attached hydrogens (primary N) is 4. The number of hydrogen-bond acceptors (Lipinski definition) is 13. The quantitative estimate of drug-likeness (QED) is 0.0217. The van der Waals surface area contributed by atoms with E-state index >= 15 is 0 Å². The van der Waals surface area contributed by atoms with Gasteiger partial charge in [0.15, 0.2) is 0 Å². The third-order valence-electron chi connectivity index (χ3n) is 17.6. The second-order valence-electron chi connectivity index (χ2n) is 23.8. The van der Waals surface area contributed by atoms with Gasteiger partial charge in [0.1, 0.15) is 6.04 Å². The first-order valence-corrected chi connectivity index (χ1v) is 32.7. The Morgan fingerprint density at radius 3 is 1.64 bits per heavy atom. The number of nitrogens with one attached hydrogen (secondary N) is 3. The molecule has 0 aromatic heterocycles. The molecule has 0 saturated carbocycles. The van der Waals surface area contributed by atoms with Gasteiger partial charge in [0, 0.05) is 105 Å². The number of nitrogens with zero attached hydrogens (tertiary/aromatic N) is 3. The van der Waals surface area contributed by atoms with Crippen LogP contribution in [0.25, 0.3) is 0 Å². The van der Waals surface area contributed by atoms with Gasteiger partial charge in [0.2, 0.25) is 29.5 Å². The number of likely N-dealkylation sites (N-methyl/N-ethyl adjacent to an activating group) is 2. The topological polar surface area (TPSA) is 296 Å². The van der Waals surface area contributed by atoms with Gasteiger partial charge in [0.25, 0.3) is 5.91 Å². The van der Waals surface area contributed by atoms with E-state index in [0.717, 1.165) is 136 Å². The molecule has 1 heterocycles. The first-order valence-electron chi connectivity index (χ1n) is 31.3. The summed E-state index contributed by atoms with van der Waals surface area (Å²) in [6.07, 6.45) is 20.4. The van der Waals surface area contributed by atoms with Crippen molar-refractivity contribution in [2.75, 3.05) is 77.2 Å². The van der Waals surface area contributed by atoms with Crippen molar-refractivity contribution in [3.05, 3.63) is 112 Å². The van der Waals surface area contributed by atoms with Gasteiger partial charge in [-0.25, -0.2) is 0 Å². The van der Waals surface area contributed by atoms with Gasteiger partial charge >= 0.3 is 10.2 Å². The lowest BCUT2D eigenvalue weighted by molar-refractivity contribution is -0.134. The molecule has 4 aliphatic carbocycles. The number of amides is 6. The molecule has 3 atom stereocenters. The van der Waals surface area contributed by atoms with Gasteiger partial charge < -0.3 is 58.3 Å². The molecular formula is C65H93FN10O9S. The third-order valence-corrected chi connectivity index (χ3v) is 18.4. The third kappa shape index (κ3) is 17.7. The SMILES string of the molecule is CN(CCOCCN(C)C(=O)[C@@H]1C[C@H](N)CN1C(=O)c1ccc(S(=O)(=O)F)cc1)C(=O)CCC12c3cc(NC(=O)CCCCCCCN)ccc3C(C3=CC=C(NC(=O)CCCCCCCN)C1C3)c1ccc(NC(=O)CCCCCCCN)cc12. The van der Waals surface area contributed by atoms with Crippen LogP contribution in [0.1, 0.15) is 180 Å². The second kappa shape index (κ2) is 32.6. The van der Waals surface area contributed by atoms with Crippen LogP contribution in [0.15, 0.2) is 89.0 Å². The lowest BCUT2D eigenvalue weighted by Crippen LogP contribution is -2.47. The molecule has 470 valence electrons. The van der Waals surface area contributed by atoms with Gasteiger partial charge in [0.05, 0.1) is 18.1 Å². The number of rotatable bonds is 36. The van der Waals surface area contributed by atoms with Crippen molar-refractivity contribution in [2.45, 2.75) is 170 Å². The molecule has 4 bridgehead atoms. The number of unbranched alkanes of at least 4 members (excludes halogenated alkanes) is 12. The molecule has 3 aromatic rings. The first-order chi connectivity index (χ1) is 41.4. The van der Waals surface area contributed by atoms with Crippen molar-refractivity contribution in [1.29, 1.82) is 0 Å². The summed E-state index contributed by atoms with van der Waals surface area (Å²) in [5.41, 5.74) is 29.8. The van der Waals surface area contributed by atoms with Gasteiger partial charge in [-0.15, -0.1) is 3.89 Å². The average molecular weight is 1210 g/mol. The minimum Gasteiger partial charge on any atom is -0.378 e. The minimum absolute atomic E-state index is 0.0821. The van der Waals surface area contributed by atoms with E-state index in [4.69, 9.17) is 27.7 Å². The average Bonchev–Trinajstić information content (AvgIpc) is 1.56. The number of allylic oxidation sites excluding steroid dienone is 4. The summed E-state index contributed by atoms with van der Waals surface area (Å²) in [6.45, 7) is 2.73. The van der Waals surface area contributed by atoms with E-state index in [9.17, 15) is 41.1 Å². The Morgan fingerprint density at radius 1 is 0.640 bits per heavy atom. The smallest absolute Gasteiger partial charge is 0.332 e. The summed E-state index contributed by atoms with van der Waals surface area (Å²) < 4.78 is 42.3. The largest absolute Gasteiger partial charge is 0.378 e. The number of benzene rings is 3. The lowest BCUT2D eigenvalue weighted by Gasteiger charge is -2.46. The number of carbonyl (C=O) groups is 6. The van der Waals surface area contributed by atoms with Crippen molar-refractivity contribution in [3.63, 3.8) is 0 Å². The molecule has 0 spiro atoms. The molecule has 5 aliphatic rings. The normalized spacial score (nSPS) is 19.2. The molecule has 0 radical (unpaired) electrons. The summed E-state index contributed by atoms with van der Waals surface area (Å²) in [6, 6.07) is 15.3. The molecule has 11 N–H and O–H groups in total. The fourth-order valence-electron chi connectivity index (χ4n) is 12.9. The maximum Gasteiger partial charge on any atom is 0.332 e. The summed E-state index contributed by atoms with van der Waals surface area (Å²) in [7, 11) is -1.64. The van der Waals surface area contributed by atoms with E-state index in [1.807, 2.05) is 18.2 Å². The molecule has 19 nitrogen and oxygen atoms in total. The van der Waals surface area contributed by atoms with Crippen molar-refractivity contribution in [1.82, 2.24) is 20.0 Å². The van der Waals surface area contributed by atoms with Crippen molar-refractivity contribution in [3.8, 4) is 0 Å². The van der Waals surface area contributed by atoms with Crippen LogP contribution in [0.5, 0.6) is 0 Å². The summed E-state index contributed by atoms with van der Waals surface area (Å²) in [5, 5.41) is 9.79. The molecule has 6 amide bonds. The Kier molecular flexibility index (Phi) is 25.4. The molecule has 8 rings (SSSR count). The minimum atomic E-state index is -4.96. The van der Waals surface area contributed by atoms with Crippen LogP contribution in [-0.2, 0) is 44.3 Å². The van der Waals surface area contributed by atoms with Crippen molar-refractivity contribution >= 4 is 57.0 Å². The van der Waals surface area contributed by atoms with Gasteiger partial charge in [-0.05, 0) is 154 Å². The molecule has 21 heteroatoms. The van der Waals surface area contributed by atoms with E-state index in [-0.39, 0.29) is 92.6 Å². The summed E-state index contributed by atoms with van der Waals surface area (Å²) in [4.78, 5) is 87.3. The fourth-order valence-corrected chi connectivity index (χ4v) is 13.3. The van der Waals surface area contributed by atoms with E-state index in [1.165, 1.54) is 27.5 Å². The van der Waals surface area contributed by atoms with Crippen LogP contribution in [0.2, 0.25) is 0 Å². The molecule has 1 fully saturated rings. The van der Waals surface area contributed by atoms with Gasteiger partial charge in [-0.1, -0.05) is 81.6 Å². The lowest BCUT2D eigenvalue weighted by atomic mass is 9.57. The van der Waals surface area contributed by atoms with Gasteiger partial charge in [-0.2, -0.15) is 8.42 Å². The fraction of sp³-hybridized carbons (Fsp3) is 0.569. The number of hydrogen-bond donors (Lipinski definition) is 7. The molecule has 3 aromatic carbocycles. The highest BCUT2D eigenvalue weighted by atomic mass is 32.3. The van der Waals surface area contributed by atoms with Crippen LogP contribution in [0.4, 0.5) is 15.3 Å². The number of likely N-dealkylation sites (tertiary alicyclic amines) is 1. The molecular weight excluding hydrogens is 1120 g/mol. The van der Waals surface area contributed by atoms with E-state index in [2.05, 4.69) is 46.3 Å². The van der Waals surface area contributed by atoms with Crippen molar-refractivity contribution < 1.29 is 45.8 Å². The maximum atomic E-state index is 14.7. The van der Waals surface area contributed by atoms with Crippen LogP contribution in [-0.4, -0.2) is 137 Å². The second-order valence-corrected chi connectivity index (χ2v) is 25.2. The van der Waals surface area contributed by atoms with Crippen LogP contribution >= 0.6 is 0 Å². The van der Waals surface area contributed by atoms with Crippen molar-refractivity contribution in [2.24, 2.45) is 28.9 Å². The Labute approximate surface area is 508 Å². The van der Waals surface area contributed by atoms with Gasteiger partial charge in [-0.3, -0.25) is 28.8 Å². The number of halogens is 1. The summed E-state index contributed by atoms with van der Waals surface area (Å²) in [5.74, 6) is -1.81. The highest BCUT2D eigenvalue weighted by Crippen LogP contribution is 2.63. The predicted molar refractivity (Wildman–Crippen MR) is 333 cm³/mol. The highest BCUT2D eigenvalue weighted by Gasteiger charge is 2.55. The maximum absolute atomic E-state index is 14.7. The highest BCUT2D eigenvalue weighted by molar-refractivity contribution is 7.86. The standard InChI is InChI=1S/C65H93FN10O9S/c1-74(36-38-85-39-37-75(2)64(82)57-41-47(70)44-76(57)63(81)45-21-26-50(27-22-45)86(66,83)84)61(80)31-32-65-53-42-48(71-58(77)18-12-6-3-9-15-33-67)24-28-51(53)62(46-23-30-56(55(65)40-46)73-60(79)20-14-8-5-11-17-35-69)52-29-25-49(43-54(52)65)72-59(78)19-13-7-4-10-16-34-68/h21-30,42-43,47,55,57,62H,3-20,31-41,44,67-70H2,1-2H3,(H,71,77)(H,72,78)(H,73,79)/t47-,55?,57-,62?,65?/m0/s1. The number of anilines is 2. The Balaban J connectivity index is 1.10.